The van der Waals surface area contributed by atoms with Gasteiger partial charge in [0.05, 0.1) is 18.7 Å². The molecular formula is C14H19NO4. The maximum absolute atomic E-state index is 11.9. The van der Waals surface area contributed by atoms with E-state index in [0.29, 0.717) is 18.7 Å². The van der Waals surface area contributed by atoms with Gasteiger partial charge in [0.15, 0.2) is 6.29 Å². The van der Waals surface area contributed by atoms with E-state index >= 15 is 0 Å². The molecule has 5 nitrogen and oxygen atoms in total. The fraction of sp³-hybridized carbons (Fsp3) is 0.357. The van der Waals surface area contributed by atoms with Crippen LogP contribution in [-0.2, 0) is 14.3 Å². The fourth-order valence-corrected chi connectivity index (χ4v) is 1.45. The molecule has 0 radical (unpaired) electrons. The lowest BCUT2D eigenvalue weighted by molar-refractivity contribution is -0.178. The molecule has 5 heteroatoms. The highest BCUT2D eigenvalue weighted by Crippen LogP contribution is 2.05. The third kappa shape index (κ3) is 5.21. The first-order valence-corrected chi connectivity index (χ1v) is 5.90. The van der Waals surface area contributed by atoms with Gasteiger partial charge in [0, 0.05) is 14.2 Å². The van der Waals surface area contributed by atoms with Crippen molar-refractivity contribution >= 4 is 5.97 Å². The lowest BCUT2D eigenvalue weighted by atomic mass is 10.2. The second kappa shape index (κ2) is 8.42. The molecule has 0 saturated carbocycles. The monoisotopic (exact) mass is 265 g/mol. The Morgan fingerprint density at radius 3 is 2.47 bits per heavy atom. The normalized spacial score (nSPS) is 10.7. The van der Waals surface area contributed by atoms with Gasteiger partial charge in [-0.05, 0) is 12.1 Å². The van der Waals surface area contributed by atoms with Crippen molar-refractivity contribution in [3.05, 3.63) is 48.6 Å². The highest BCUT2D eigenvalue weighted by molar-refractivity contribution is 5.89. The Labute approximate surface area is 113 Å². The Bertz CT molecular complexity index is 390. The van der Waals surface area contributed by atoms with Gasteiger partial charge in [-0.2, -0.15) is 0 Å². The van der Waals surface area contributed by atoms with E-state index in [-0.39, 0.29) is 0 Å². The second-order valence-electron chi connectivity index (χ2n) is 3.78. The summed E-state index contributed by atoms with van der Waals surface area (Å²) >= 11 is 0. The molecule has 1 aromatic rings. The first kappa shape index (κ1) is 15.4. The number of rotatable bonds is 8. The van der Waals surface area contributed by atoms with Crippen LogP contribution in [0.5, 0.6) is 0 Å². The molecule has 19 heavy (non-hydrogen) atoms. The Hall–Kier alpha value is -1.69. The van der Waals surface area contributed by atoms with Crippen LogP contribution in [0.2, 0.25) is 0 Å². The molecule has 0 aliphatic rings. The molecule has 0 bridgehead atoms. The molecule has 0 atom stereocenters. The average molecular weight is 265 g/mol. The van der Waals surface area contributed by atoms with Crippen LogP contribution in [-0.4, -0.2) is 44.6 Å². The number of carbonyl (C=O) groups is 1. The van der Waals surface area contributed by atoms with Crippen molar-refractivity contribution in [2.45, 2.75) is 6.29 Å². The Morgan fingerprint density at radius 1 is 1.32 bits per heavy atom. The van der Waals surface area contributed by atoms with Crippen LogP contribution in [0, 0.1) is 0 Å². The molecule has 1 aromatic carbocycles. The molecule has 0 aromatic heterocycles. The predicted molar refractivity (Wildman–Crippen MR) is 71.4 cm³/mol. The molecule has 0 N–H and O–H groups in total. The summed E-state index contributed by atoms with van der Waals surface area (Å²) in [5.41, 5.74) is 0.489. The van der Waals surface area contributed by atoms with E-state index < -0.39 is 12.3 Å². The molecule has 0 heterocycles. The molecule has 0 saturated heterocycles. The highest BCUT2D eigenvalue weighted by Gasteiger charge is 2.17. The molecule has 0 aliphatic heterocycles. The van der Waals surface area contributed by atoms with Gasteiger partial charge in [0.1, 0.15) is 0 Å². The molecule has 0 aliphatic carbocycles. The van der Waals surface area contributed by atoms with E-state index in [0.717, 1.165) is 0 Å². The van der Waals surface area contributed by atoms with E-state index in [1.165, 1.54) is 19.3 Å². The summed E-state index contributed by atoms with van der Waals surface area (Å²) in [5, 5.41) is 1.44. The number of methoxy groups -OCH3 is 2. The van der Waals surface area contributed by atoms with E-state index in [2.05, 4.69) is 6.58 Å². The smallest absolute Gasteiger partial charge is 0.357 e. The van der Waals surface area contributed by atoms with Crippen LogP contribution < -0.4 is 0 Å². The van der Waals surface area contributed by atoms with Gasteiger partial charge >= 0.3 is 5.97 Å². The van der Waals surface area contributed by atoms with Gasteiger partial charge < -0.3 is 14.3 Å². The van der Waals surface area contributed by atoms with E-state index in [4.69, 9.17) is 14.3 Å². The van der Waals surface area contributed by atoms with Crippen molar-refractivity contribution in [1.82, 2.24) is 5.06 Å². The maximum Gasteiger partial charge on any atom is 0.357 e. The standard InChI is InChI=1S/C14H19NO4/c1-4-10-15(11-13(17-2)18-3)19-14(16)12-8-6-5-7-9-12/h4-9,13H,1,10-11H2,2-3H3. The summed E-state index contributed by atoms with van der Waals surface area (Å²) in [5.74, 6) is -0.423. The zero-order chi connectivity index (χ0) is 14.1. The Kier molecular flexibility index (Phi) is 6.81. The fourth-order valence-electron chi connectivity index (χ4n) is 1.45. The number of benzene rings is 1. The van der Waals surface area contributed by atoms with Gasteiger partial charge in [-0.15, -0.1) is 11.6 Å². The number of hydrogen-bond donors (Lipinski definition) is 0. The summed E-state index contributed by atoms with van der Waals surface area (Å²) in [4.78, 5) is 17.2. The molecular weight excluding hydrogens is 246 g/mol. The maximum atomic E-state index is 11.9. The van der Waals surface area contributed by atoms with Crippen LogP contribution in [0.4, 0.5) is 0 Å². The van der Waals surface area contributed by atoms with Crippen LogP contribution in [0.15, 0.2) is 43.0 Å². The summed E-state index contributed by atoms with van der Waals surface area (Å²) in [6.45, 7) is 4.32. The van der Waals surface area contributed by atoms with Crippen molar-refractivity contribution in [1.29, 1.82) is 0 Å². The Balaban J connectivity index is 2.62. The van der Waals surface area contributed by atoms with Crippen molar-refractivity contribution in [3.63, 3.8) is 0 Å². The summed E-state index contributed by atoms with van der Waals surface area (Å²) < 4.78 is 10.1. The number of carbonyl (C=O) groups excluding carboxylic acids is 1. The van der Waals surface area contributed by atoms with Crippen molar-refractivity contribution in [2.75, 3.05) is 27.3 Å². The first-order chi connectivity index (χ1) is 9.21. The summed E-state index contributed by atoms with van der Waals surface area (Å²) in [7, 11) is 3.05. The molecule has 0 unspecified atom stereocenters. The second-order valence-corrected chi connectivity index (χ2v) is 3.78. The topological polar surface area (TPSA) is 48.0 Å². The lowest BCUT2D eigenvalue weighted by Crippen LogP contribution is -2.36. The summed E-state index contributed by atoms with van der Waals surface area (Å²) in [6, 6.07) is 8.78. The van der Waals surface area contributed by atoms with Gasteiger partial charge in [0.25, 0.3) is 0 Å². The Morgan fingerprint density at radius 2 is 1.95 bits per heavy atom. The van der Waals surface area contributed by atoms with E-state index in [1.54, 1.807) is 30.3 Å². The van der Waals surface area contributed by atoms with Crippen molar-refractivity contribution in [2.24, 2.45) is 0 Å². The zero-order valence-electron chi connectivity index (χ0n) is 11.2. The average Bonchev–Trinajstić information content (AvgIpc) is 2.45. The third-order valence-corrected chi connectivity index (χ3v) is 2.43. The van der Waals surface area contributed by atoms with Crippen LogP contribution >= 0.6 is 0 Å². The van der Waals surface area contributed by atoms with Gasteiger partial charge in [-0.1, -0.05) is 24.3 Å². The largest absolute Gasteiger partial charge is 0.363 e. The predicted octanol–water partition coefficient (Wildman–Crippen LogP) is 1.87. The van der Waals surface area contributed by atoms with Crippen molar-refractivity contribution in [3.8, 4) is 0 Å². The van der Waals surface area contributed by atoms with Gasteiger partial charge in [-0.3, -0.25) is 0 Å². The van der Waals surface area contributed by atoms with E-state index in [9.17, 15) is 4.79 Å². The van der Waals surface area contributed by atoms with Crippen molar-refractivity contribution < 1.29 is 19.1 Å². The summed E-state index contributed by atoms with van der Waals surface area (Å²) in [6.07, 6.45) is 1.17. The highest BCUT2D eigenvalue weighted by atomic mass is 16.7. The minimum absolute atomic E-state index is 0.303. The quantitative estimate of drug-likeness (QED) is 0.408. The minimum Gasteiger partial charge on any atom is -0.363 e. The van der Waals surface area contributed by atoms with Gasteiger partial charge in [-0.25, -0.2) is 4.79 Å². The van der Waals surface area contributed by atoms with Crippen LogP contribution in [0.25, 0.3) is 0 Å². The minimum atomic E-state index is -0.469. The molecule has 1 rings (SSSR count). The zero-order valence-corrected chi connectivity index (χ0v) is 11.2. The number of hydroxylamine groups is 2. The number of nitrogens with zero attached hydrogens (tertiary/aromatic N) is 1. The van der Waals surface area contributed by atoms with E-state index in [1.807, 2.05) is 6.07 Å². The first-order valence-electron chi connectivity index (χ1n) is 5.90. The third-order valence-electron chi connectivity index (χ3n) is 2.43. The molecule has 0 spiro atoms. The molecule has 0 amide bonds. The molecule has 0 fully saturated rings. The van der Waals surface area contributed by atoms with Gasteiger partial charge in [0.2, 0.25) is 0 Å². The van der Waals surface area contributed by atoms with Crippen LogP contribution in [0.1, 0.15) is 10.4 Å². The van der Waals surface area contributed by atoms with Crippen LogP contribution in [0.3, 0.4) is 0 Å². The number of hydrogen-bond acceptors (Lipinski definition) is 5. The lowest BCUT2D eigenvalue weighted by Gasteiger charge is -2.23. The number of ether oxygens (including phenoxy) is 2. The SMILES string of the molecule is C=CCN(CC(OC)OC)OC(=O)c1ccccc1. The molecule has 104 valence electrons.